The zero-order valence-corrected chi connectivity index (χ0v) is 10.2. The number of rotatable bonds is 2. The van der Waals surface area contributed by atoms with Crippen LogP contribution in [-0.2, 0) is 17.6 Å². The average molecular weight is 233 g/mol. The Balaban J connectivity index is 2.34. The Labute approximate surface area is 101 Å². The Kier molecular flexibility index (Phi) is 3.33. The quantitative estimate of drug-likeness (QED) is 0.803. The van der Waals surface area contributed by atoms with Crippen LogP contribution < -0.4 is 10.5 Å². The molecule has 4 nitrogen and oxygen atoms in total. The molecule has 1 aromatic rings. The SMILES string of the molecule is COc1[c]cc2c(c1)CC(C(N)=O)N(C)CC2. The third kappa shape index (κ3) is 2.42. The molecule has 91 valence electrons. The molecular formula is C13H17N2O2. The molecule has 17 heavy (non-hydrogen) atoms. The van der Waals surface area contributed by atoms with Gasteiger partial charge in [-0.1, -0.05) is 0 Å². The molecule has 1 heterocycles. The second-order valence-corrected chi connectivity index (χ2v) is 4.40. The predicted molar refractivity (Wildman–Crippen MR) is 64.9 cm³/mol. The lowest BCUT2D eigenvalue weighted by Crippen LogP contribution is -2.43. The molecule has 1 unspecified atom stereocenters. The van der Waals surface area contributed by atoms with Gasteiger partial charge < -0.3 is 10.5 Å². The fourth-order valence-electron chi connectivity index (χ4n) is 2.22. The molecule has 4 heteroatoms. The monoisotopic (exact) mass is 233 g/mol. The lowest BCUT2D eigenvalue weighted by Gasteiger charge is -2.22. The summed E-state index contributed by atoms with van der Waals surface area (Å²) in [6, 6.07) is 6.74. The first-order valence-corrected chi connectivity index (χ1v) is 5.69. The maximum absolute atomic E-state index is 11.4. The van der Waals surface area contributed by atoms with Crippen molar-refractivity contribution in [3.63, 3.8) is 0 Å². The third-order valence-electron chi connectivity index (χ3n) is 3.33. The second kappa shape index (κ2) is 4.75. The van der Waals surface area contributed by atoms with E-state index < -0.39 is 0 Å². The van der Waals surface area contributed by atoms with Crippen molar-refractivity contribution in [3.05, 3.63) is 29.3 Å². The Morgan fingerprint density at radius 3 is 3.00 bits per heavy atom. The molecule has 0 saturated heterocycles. The van der Waals surface area contributed by atoms with E-state index in [1.54, 1.807) is 7.11 Å². The molecule has 1 radical (unpaired) electrons. The van der Waals surface area contributed by atoms with Crippen LogP contribution in [0.5, 0.6) is 5.75 Å². The summed E-state index contributed by atoms with van der Waals surface area (Å²) >= 11 is 0. The number of nitrogens with two attached hydrogens (primary N) is 1. The number of carbonyl (C=O) groups excluding carboxylic acids is 1. The number of benzene rings is 1. The summed E-state index contributed by atoms with van der Waals surface area (Å²) in [5.41, 5.74) is 7.79. The fraction of sp³-hybridized carbons (Fsp3) is 0.462. The molecule has 0 fully saturated rings. The lowest BCUT2D eigenvalue weighted by atomic mass is 10.00. The van der Waals surface area contributed by atoms with E-state index in [1.165, 1.54) is 5.56 Å². The minimum atomic E-state index is -0.271. The highest BCUT2D eigenvalue weighted by atomic mass is 16.5. The number of fused-ring (bicyclic) bond motifs is 1. The molecule has 0 aromatic heterocycles. The van der Waals surface area contributed by atoms with Crippen LogP contribution in [0.2, 0.25) is 0 Å². The van der Waals surface area contributed by atoms with Gasteiger partial charge in [-0.05, 0) is 43.1 Å². The van der Waals surface area contributed by atoms with Crippen molar-refractivity contribution in [1.29, 1.82) is 0 Å². The van der Waals surface area contributed by atoms with Gasteiger partial charge in [0.1, 0.15) is 5.75 Å². The van der Waals surface area contributed by atoms with E-state index in [1.807, 2.05) is 24.1 Å². The van der Waals surface area contributed by atoms with Gasteiger partial charge in [0.25, 0.3) is 0 Å². The highest BCUT2D eigenvalue weighted by Gasteiger charge is 2.25. The van der Waals surface area contributed by atoms with Crippen molar-refractivity contribution in [3.8, 4) is 5.75 Å². The van der Waals surface area contributed by atoms with Crippen LogP contribution in [0.15, 0.2) is 12.1 Å². The topological polar surface area (TPSA) is 55.6 Å². The lowest BCUT2D eigenvalue weighted by molar-refractivity contribution is -0.122. The van der Waals surface area contributed by atoms with Gasteiger partial charge in [-0.3, -0.25) is 9.69 Å². The van der Waals surface area contributed by atoms with E-state index in [0.717, 1.165) is 18.5 Å². The molecule has 1 aromatic carbocycles. The molecule has 1 aliphatic rings. The standard InChI is InChI=1S/C13H17N2O2/c1-15-6-5-9-3-4-11(17-2)7-10(9)8-12(15)13(14)16/h3,7,12H,5-6,8H2,1-2H3,(H2,14,16). The molecule has 2 N–H and O–H groups in total. The number of hydrogen-bond donors (Lipinski definition) is 1. The molecule has 0 spiro atoms. The number of ether oxygens (including phenoxy) is 1. The number of nitrogens with zero attached hydrogens (tertiary/aromatic N) is 1. The smallest absolute Gasteiger partial charge is 0.235 e. The number of amides is 1. The molecule has 0 saturated carbocycles. The predicted octanol–water partition coefficient (Wildman–Crippen LogP) is 0.380. The molecule has 1 atom stereocenters. The fourth-order valence-corrected chi connectivity index (χ4v) is 2.22. The molecule has 0 aliphatic carbocycles. The number of hydrogen-bond acceptors (Lipinski definition) is 3. The normalized spacial score (nSPS) is 20.5. The first-order chi connectivity index (χ1) is 8.11. The Morgan fingerprint density at radius 1 is 1.59 bits per heavy atom. The van der Waals surface area contributed by atoms with Crippen LogP contribution in [-0.4, -0.2) is 37.6 Å². The van der Waals surface area contributed by atoms with Gasteiger partial charge in [0.05, 0.1) is 13.2 Å². The Bertz CT molecular complexity index is 431. The molecule has 1 amide bonds. The van der Waals surface area contributed by atoms with E-state index in [2.05, 4.69) is 6.07 Å². The van der Waals surface area contributed by atoms with Crippen LogP contribution in [0.1, 0.15) is 11.1 Å². The van der Waals surface area contributed by atoms with Crippen molar-refractivity contribution in [2.45, 2.75) is 18.9 Å². The van der Waals surface area contributed by atoms with Gasteiger partial charge in [0.15, 0.2) is 0 Å². The van der Waals surface area contributed by atoms with Crippen LogP contribution in [0, 0.1) is 6.07 Å². The summed E-state index contributed by atoms with van der Waals surface area (Å²) in [5.74, 6) is 0.434. The van der Waals surface area contributed by atoms with Crippen LogP contribution in [0.25, 0.3) is 0 Å². The minimum Gasteiger partial charge on any atom is -0.496 e. The van der Waals surface area contributed by atoms with Crippen molar-refractivity contribution in [2.75, 3.05) is 20.7 Å². The van der Waals surface area contributed by atoms with E-state index in [0.29, 0.717) is 12.2 Å². The first kappa shape index (κ1) is 11.9. The third-order valence-corrected chi connectivity index (χ3v) is 3.33. The summed E-state index contributed by atoms with van der Waals surface area (Å²) in [6.45, 7) is 0.834. The van der Waals surface area contributed by atoms with E-state index >= 15 is 0 Å². The minimum absolute atomic E-state index is 0.233. The van der Waals surface area contributed by atoms with Gasteiger partial charge in [-0.15, -0.1) is 0 Å². The van der Waals surface area contributed by atoms with Crippen molar-refractivity contribution >= 4 is 5.91 Å². The van der Waals surface area contributed by atoms with Crippen LogP contribution in [0.4, 0.5) is 0 Å². The van der Waals surface area contributed by atoms with E-state index in [4.69, 9.17) is 10.5 Å². The summed E-state index contributed by atoms with van der Waals surface area (Å²) < 4.78 is 5.16. The average Bonchev–Trinajstić information content (AvgIpc) is 2.48. The number of primary amides is 1. The highest BCUT2D eigenvalue weighted by Crippen LogP contribution is 2.23. The van der Waals surface area contributed by atoms with Crippen LogP contribution >= 0.6 is 0 Å². The zero-order chi connectivity index (χ0) is 12.4. The number of methoxy groups -OCH3 is 1. The summed E-state index contributed by atoms with van der Waals surface area (Å²) in [5, 5.41) is 0. The van der Waals surface area contributed by atoms with Crippen molar-refractivity contribution < 1.29 is 9.53 Å². The van der Waals surface area contributed by atoms with Gasteiger partial charge in [-0.2, -0.15) is 0 Å². The zero-order valence-electron chi connectivity index (χ0n) is 10.2. The Morgan fingerprint density at radius 2 is 2.35 bits per heavy atom. The maximum Gasteiger partial charge on any atom is 0.235 e. The molecular weight excluding hydrogens is 216 g/mol. The van der Waals surface area contributed by atoms with Gasteiger partial charge in [0, 0.05) is 12.6 Å². The second-order valence-electron chi connectivity index (χ2n) is 4.40. The van der Waals surface area contributed by atoms with Gasteiger partial charge >= 0.3 is 0 Å². The number of carbonyl (C=O) groups is 1. The van der Waals surface area contributed by atoms with E-state index in [9.17, 15) is 4.79 Å². The molecule has 2 rings (SSSR count). The molecule has 0 bridgehead atoms. The number of likely N-dealkylation sites (N-methyl/N-ethyl adjacent to an activating group) is 1. The van der Waals surface area contributed by atoms with Gasteiger partial charge in [-0.25, -0.2) is 0 Å². The summed E-state index contributed by atoms with van der Waals surface area (Å²) in [7, 11) is 3.55. The van der Waals surface area contributed by atoms with Crippen molar-refractivity contribution in [2.24, 2.45) is 5.73 Å². The van der Waals surface area contributed by atoms with Gasteiger partial charge in [0.2, 0.25) is 5.91 Å². The summed E-state index contributed by atoms with van der Waals surface area (Å²) in [4.78, 5) is 13.4. The largest absolute Gasteiger partial charge is 0.496 e. The van der Waals surface area contributed by atoms with Crippen molar-refractivity contribution in [1.82, 2.24) is 4.90 Å². The van der Waals surface area contributed by atoms with E-state index in [-0.39, 0.29) is 11.9 Å². The summed E-state index contributed by atoms with van der Waals surface area (Å²) in [6.07, 6.45) is 1.56. The molecule has 1 aliphatic heterocycles. The highest BCUT2D eigenvalue weighted by molar-refractivity contribution is 5.80. The first-order valence-electron chi connectivity index (χ1n) is 5.69. The maximum atomic E-state index is 11.4. The van der Waals surface area contributed by atoms with Crippen LogP contribution in [0.3, 0.4) is 0 Å². The Hall–Kier alpha value is -1.55.